The van der Waals surface area contributed by atoms with Crippen molar-refractivity contribution in [1.29, 1.82) is 0 Å². The van der Waals surface area contributed by atoms with Gasteiger partial charge < -0.3 is 5.11 Å². The molecule has 0 aliphatic rings. The van der Waals surface area contributed by atoms with E-state index in [1.54, 1.807) is 0 Å². The summed E-state index contributed by atoms with van der Waals surface area (Å²) in [6.07, 6.45) is 0. The van der Waals surface area contributed by atoms with Gasteiger partial charge in [0.05, 0.1) is 0 Å². The first-order valence-electron chi connectivity index (χ1n) is 3.10. The molecule has 0 aromatic heterocycles. The van der Waals surface area contributed by atoms with Gasteiger partial charge in [0.1, 0.15) is 10.6 Å². The second kappa shape index (κ2) is 3.44. The lowest BCUT2D eigenvalue weighted by atomic mass is 10.3. The second-order valence-electron chi connectivity index (χ2n) is 2.14. The van der Waals surface area contributed by atoms with Gasteiger partial charge in [-0.15, -0.1) is 0 Å². The highest BCUT2D eigenvalue weighted by atomic mass is 33.2. The molecule has 1 rings (SSSR count). The van der Waals surface area contributed by atoms with Crippen LogP contribution in [0.1, 0.15) is 0 Å². The fraction of sp³-hybridized carbons (Fsp3) is 0. The summed E-state index contributed by atoms with van der Waals surface area (Å²) < 4.78 is 40.9. The molecule has 0 heterocycles. The van der Waals surface area contributed by atoms with Gasteiger partial charge in [-0.05, 0) is 12.1 Å². The average molecular weight is 222 g/mol. The quantitative estimate of drug-likeness (QED) is 0.554. The summed E-state index contributed by atoms with van der Waals surface area (Å²) in [6.45, 7) is 0. The Labute approximate surface area is 76.6 Å². The highest BCUT2D eigenvalue weighted by Gasteiger charge is 2.24. The number of hydrogen-bond acceptors (Lipinski definition) is 4. The molecule has 0 bridgehead atoms. The summed E-state index contributed by atoms with van der Waals surface area (Å²) in [4.78, 5) is -0.546. The number of phenolic OH excluding ortho intramolecular Hbond substituents is 1. The van der Waals surface area contributed by atoms with E-state index >= 15 is 0 Å². The van der Waals surface area contributed by atoms with Crippen molar-refractivity contribution >= 4 is 19.0 Å². The molecule has 7 heteroatoms. The highest BCUT2D eigenvalue weighted by Crippen LogP contribution is 2.23. The summed E-state index contributed by atoms with van der Waals surface area (Å²) in [5, 5.41) is 9.07. The Morgan fingerprint density at radius 3 is 2.23 bits per heavy atom. The van der Waals surface area contributed by atoms with Gasteiger partial charge >= 0.3 is 0 Å². The molecule has 0 saturated carbocycles. The van der Waals surface area contributed by atoms with E-state index < -0.39 is 29.6 Å². The average Bonchev–Trinajstić information content (AvgIpc) is 2.04. The fourth-order valence-corrected chi connectivity index (χ4v) is 2.35. The predicted molar refractivity (Wildman–Crippen MR) is 46.1 cm³/mol. The molecule has 1 unspecified atom stereocenters. The summed E-state index contributed by atoms with van der Waals surface area (Å²) in [6, 6.07) is 4.94. The molecule has 72 valence electrons. The lowest BCUT2D eigenvalue weighted by Crippen LogP contribution is -2.07. The first-order valence-corrected chi connectivity index (χ1v) is 6.21. The van der Waals surface area contributed by atoms with E-state index in [2.05, 4.69) is 0 Å². The lowest BCUT2D eigenvalue weighted by molar-refractivity contribution is 0.459. The molecular formula is C6H6O5S2. The molecule has 1 aromatic rings. The maximum atomic E-state index is 11.0. The molecule has 1 aromatic carbocycles. The molecule has 0 saturated heterocycles. The molecule has 0 aliphatic heterocycles. The van der Waals surface area contributed by atoms with Gasteiger partial charge in [-0.2, -0.15) is 0 Å². The van der Waals surface area contributed by atoms with Crippen molar-refractivity contribution in [1.82, 2.24) is 0 Å². The monoisotopic (exact) mass is 222 g/mol. The Morgan fingerprint density at radius 2 is 1.77 bits per heavy atom. The maximum absolute atomic E-state index is 11.0. The van der Waals surface area contributed by atoms with E-state index in [9.17, 15) is 12.6 Å². The minimum atomic E-state index is -4.33. The van der Waals surface area contributed by atoms with Gasteiger partial charge in [-0.1, -0.05) is 12.1 Å². The number of phenols is 1. The first-order chi connectivity index (χ1) is 5.96. The molecule has 5 nitrogen and oxygen atoms in total. The van der Waals surface area contributed by atoms with Gasteiger partial charge in [0, 0.05) is 0 Å². The van der Waals surface area contributed by atoms with Crippen molar-refractivity contribution in [2.24, 2.45) is 0 Å². The van der Waals surface area contributed by atoms with Crippen LogP contribution < -0.4 is 0 Å². The molecule has 0 spiro atoms. The SMILES string of the molecule is O=S(O)S(=O)(=O)c1ccccc1O. The number of aromatic hydroxyl groups is 1. The largest absolute Gasteiger partial charge is 0.507 e. The molecular weight excluding hydrogens is 216 g/mol. The van der Waals surface area contributed by atoms with Gasteiger partial charge in [0.15, 0.2) is 0 Å². The van der Waals surface area contributed by atoms with Crippen LogP contribution in [-0.2, 0) is 19.0 Å². The Morgan fingerprint density at radius 1 is 1.23 bits per heavy atom. The number of rotatable bonds is 2. The van der Waals surface area contributed by atoms with E-state index in [-0.39, 0.29) is 0 Å². The topological polar surface area (TPSA) is 91.7 Å². The van der Waals surface area contributed by atoms with Crippen LogP contribution in [0, 0.1) is 0 Å². The third kappa shape index (κ3) is 1.87. The minimum Gasteiger partial charge on any atom is -0.507 e. The Balaban J connectivity index is 3.40. The Kier molecular flexibility index (Phi) is 2.69. The standard InChI is InChI=1S/C6H6O5S2/c7-5-3-1-2-4-6(5)13(10,11)12(8)9/h1-4,7H,(H,8,9). The van der Waals surface area contributed by atoms with Crippen LogP contribution in [0.25, 0.3) is 0 Å². The molecule has 0 aliphatic carbocycles. The van der Waals surface area contributed by atoms with Crippen LogP contribution in [0.4, 0.5) is 0 Å². The van der Waals surface area contributed by atoms with Crippen LogP contribution in [0.3, 0.4) is 0 Å². The van der Waals surface area contributed by atoms with E-state index in [0.717, 1.165) is 12.1 Å². The van der Waals surface area contributed by atoms with Gasteiger partial charge in [-0.3, -0.25) is 4.55 Å². The summed E-state index contributed by atoms with van der Waals surface area (Å²) in [7, 11) is -7.35. The van der Waals surface area contributed by atoms with Crippen LogP contribution in [0.5, 0.6) is 5.75 Å². The molecule has 0 radical (unpaired) electrons. The van der Waals surface area contributed by atoms with Crippen molar-refractivity contribution in [3.63, 3.8) is 0 Å². The number of benzene rings is 1. The Bertz CT molecular complexity index is 436. The van der Waals surface area contributed by atoms with Crippen molar-refractivity contribution in [2.75, 3.05) is 0 Å². The highest BCUT2D eigenvalue weighted by molar-refractivity contribution is 8.62. The minimum absolute atomic E-state index is 0.537. The van der Waals surface area contributed by atoms with E-state index in [1.165, 1.54) is 12.1 Å². The summed E-state index contributed by atoms with van der Waals surface area (Å²) in [5.41, 5.74) is 0. The maximum Gasteiger partial charge on any atom is 0.286 e. The second-order valence-corrected chi connectivity index (χ2v) is 6.09. The normalized spacial score (nSPS) is 13.9. The van der Waals surface area contributed by atoms with Gasteiger partial charge in [0.2, 0.25) is 0 Å². The van der Waals surface area contributed by atoms with E-state index in [1.807, 2.05) is 0 Å². The van der Waals surface area contributed by atoms with Gasteiger partial charge in [-0.25, -0.2) is 12.6 Å². The van der Waals surface area contributed by atoms with Crippen molar-refractivity contribution < 1.29 is 22.3 Å². The first kappa shape index (κ1) is 10.2. The zero-order valence-corrected chi connectivity index (χ0v) is 7.88. The third-order valence-corrected chi connectivity index (χ3v) is 4.25. The fourth-order valence-electron chi connectivity index (χ4n) is 0.745. The van der Waals surface area contributed by atoms with E-state index in [0.29, 0.717) is 0 Å². The number of hydrogen-bond donors (Lipinski definition) is 2. The molecule has 0 fully saturated rings. The van der Waals surface area contributed by atoms with Crippen LogP contribution in [0.15, 0.2) is 29.2 Å². The van der Waals surface area contributed by atoms with Gasteiger partial charge in [0.25, 0.3) is 19.0 Å². The number of para-hydroxylation sites is 1. The molecule has 1 atom stereocenters. The molecule has 2 N–H and O–H groups in total. The molecule has 0 amide bonds. The summed E-state index contributed by atoms with van der Waals surface area (Å²) >= 11 is 0. The van der Waals surface area contributed by atoms with Crippen LogP contribution >= 0.6 is 0 Å². The van der Waals surface area contributed by atoms with Crippen molar-refractivity contribution in [3.8, 4) is 5.75 Å². The predicted octanol–water partition coefficient (Wildman–Crippen LogP) is 0.303. The van der Waals surface area contributed by atoms with Crippen molar-refractivity contribution in [3.05, 3.63) is 24.3 Å². The van der Waals surface area contributed by atoms with Crippen LogP contribution in [0.2, 0.25) is 0 Å². The van der Waals surface area contributed by atoms with Crippen molar-refractivity contribution in [2.45, 2.75) is 4.90 Å². The smallest absolute Gasteiger partial charge is 0.286 e. The summed E-state index contributed by atoms with van der Waals surface area (Å²) in [5.74, 6) is -0.537. The Hall–Kier alpha value is -0.920. The molecule has 13 heavy (non-hydrogen) atoms. The van der Waals surface area contributed by atoms with Crippen LogP contribution in [-0.4, -0.2) is 22.3 Å². The lowest BCUT2D eigenvalue weighted by Gasteiger charge is -2.00. The third-order valence-electron chi connectivity index (χ3n) is 1.32. The van der Waals surface area contributed by atoms with E-state index in [4.69, 9.17) is 9.66 Å². The zero-order chi connectivity index (χ0) is 10.1. The zero-order valence-electron chi connectivity index (χ0n) is 6.25.